The molecule has 1 atom stereocenters. The molecule has 0 radical (unpaired) electrons. The molecule has 1 saturated heterocycles. The van der Waals surface area contributed by atoms with Crippen LogP contribution in [0.15, 0.2) is 0 Å². The van der Waals surface area contributed by atoms with E-state index >= 15 is 0 Å². The second kappa shape index (κ2) is 7.49. The summed E-state index contributed by atoms with van der Waals surface area (Å²) in [4.78, 5) is 2.70. The van der Waals surface area contributed by atoms with Crippen LogP contribution in [0.4, 0.5) is 0 Å². The van der Waals surface area contributed by atoms with Gasteiger partial charge in [-0.25, -0.2) is 0 Å². The minimum atomic E-state index is 0.262. The van der Waals surface area contributed by atoms with Crippen molar-refractivity contribution in [1.29, 1.82) is 0 Å². The smallest absolute Gasteiger partial charge is 0.00966 e. The van der Waals surface area contributed by atoms with Crippen LogP contribution in [0.25, 0.3) is 0 Å². The first-order chi connectivity index (χ1) is 8.44. The van der Waals surface area contributed by atoms with E-state index in [1.807, 2.05) is 0 Å². The van der Waals surface area contributed by atoms with Gasteiger partial charge in [0.2, 0.25) is 0 Å². The molecule has 0 aromatic rings. The lowest BCUT2D eigenvalue weighted by atomic mass is 9.94. The van der Waals surface area contributed by atoms with Crippen molar-refractivity contribution >= 4 is 0 Å². The predicted molar refractivity (Wildman–Crippen MR) is 81.0 cm³/mol. The van der Waals surface area contributed by atoms with Crippen LogP contribution in [0.2, 0.25) is 0 Å². The van der Waals surface area contributed by atoms with Crippen LogP contribution in [0.5, 0.6) is 0 Å². The van der Waals surface area contributed by atoms with Gasteiger partial charge in [-0.3, -0.25) is 0 Å². The monoisotopic (exact) mass is 254 g/mol. The molecule has 0 amide bonds. The highest BCUT2D eigenvalue weighted by Crippen LogP contribution is 2.19. The molecule has 0 bridgehead atoms. The number of nitrogens with one attached hydrogen (secondary N) is 1. The lowest BCUT2D eigenvalue weighted by Gasteiger charge is -2.36. The molecule has 1 aliphatic rings. The number of rotatable bonds is 6. The van der Waals surface area contributed by atoms with Gasteiger partial charge in [-0.2, -0.15) is 0 Å². The first-order valence-electron chi connectivity index (χ1n) is 7.92. The molecular weight excluding hydrogens is 220 g/mol. The minimum absolute atomic E-state index is 0.262. The van der Waals surface area contributed by atoms with Crippen molar-refractivity contribution in [2.45, 2.75) is 65.8 Å². The van der Waals surface area contributed by atoms with Crippen LogP contribution in [0, 0.1) is 11.8 Å². The molecule has 2 nitrogen and oxygen atoms in total. The van der Waals surface area contributed by atoms with E-state index in [-0.39, 0.29) is 5.54 Å². The fraction of sp³-hybridized carbons (Fsp3) is 1.00. The van der Waals surface area contributed by atoms with Crippen molar-refractivity contribution < 1.29 is 0 Å². The summed E-state index contributed by atoms with van der Waals surface area (Å²) in [6, 6.07) is 0. The van der Waals surface area contributed by atoms with Gasteiger partial charge in [0.15, 0.2) is 0 Å². The third kappa shape index (κ3) is 6.19. The second-order valence-electron chi connectivity index (χ2n) is 7.08. The quantitative estimate of drug-likeness (QED) is 0.780. The molecule has 1 unspecified atom stereocenters. The Morgan fingerprint density at radius 3 is 2.44 bits per heavy atom. The maximum absolute atomic E-state index is 3.67. The SMILES string of the molecule is CCC(CC)CN1CCCC(CNC(C)(C)C)C1. The van der Waals surface area contributed by atoms with Crippen molar-refractivity contribution in [3.05, 3.63) is 0 Å². The van der Waals surface area contributed by atoms with E-state index < -0.39 is 0 Å². The molecule has 1 aliphatic heterocycles. The van der Waals surface area contributed by atoms with Crippen LogP contribution in [-0.2, 0) is 0 Å². The molecule has 108 valence electrons. The summed E-state index contributed by atoms with van der Waals surface area (Å²) >= 11 is 0. The lowest BCUT2D eigenvalue weighted by molar-refractivity contribution is 0.142. The fourth-order valence-corrected chi connectivity index (χ4v) is 2.85. The largest absolute Gasteiger partial charge is 0.312 e. The average Bonchev–Trinajstić information content (AvgIpc) is 2.33. The van der Waals surface area contributed by atoms with E-state index in [2.05, 4.69) is 44.8 Å². The molecule has 0 saturated carbocycles. The Morgan fingerprint density at radius 1 is 1.22 bits per heavy atom. The summed E-state index contributed by atoms with van der Waals surface area (Å²) in [5.74, 6) is 1.76. The normalized spacial score (nSPS) is 22.7. The van der Waals surface area contributed by atoms with Crippen LogP contribution in [-0.4, -0.2) is 36.6 Å². The molecule has 0 aromatic heterocycles. The number of piperidine rings is 1. The standard InChI is InChI=1S/C16H34N2/c1-6-14(7-2)12-18-10-8-9-15(13-18)11-17-16(3,4)5/h14-15,17H,6-13H2,1-5H3. The zero-order valence-corrected chi connectivity index (χ0v) is 13.3. The summed E-state index contributed by atoms with van der Waals surface area (Å²) in [6.07, 6.45) is 5.45. The Balaban J connectivity index is 2.32. The van der Waals surface area contributed by atoms with Gasteiger partial charge in [-0.15, -0.1) is 0 Å². The number of hydrogen-bond donors (Lipinski definition) is 1. The van der Waals surface area contributed by atoms with Crippen molar-refractivity contribution in [1.82, 2.24) is 10.2 Å². The predicted octanol–water partition coefficient (Wildman–Crippen LogP) is 3.52. The van der Waals surface area contributed by atoms with E-state index in [4.69, 9.17) is 0 Å². The van der Waals surface area contributed by atoms with Crippen molar-refractivity contribution in [3.63, 3.8) is 0 Å². The van der Waals surface area contributed by atoms with E-state index in [1.54, 1.807) is 0 Å². The van der Waals surface area contributed by atoms with Crippen LogP contribution in [0.3, 0.4) is 0 Å². The fourth-order valence-electron chi connectivity index (χ4n) is 2.85. The Labute approximate surface area is 115 Å². The van der Waals surface area contributed by atoms with E-state index in [0.29, 0.717) is 0 Å². The minimum Gasteiger partial charge on any atom is -0.312 e. The van der Waals surface area contributed by atoms with E-state index in [0.717, 1.165) is 11.8 Å². The third-order valence-electron chi connectivity index (χ3n) is 4.20. The summed E-state index contributed by atoms with van der Waals surface area (Å²) in [5.41, 5.74) is 0.262. The molecule has 1 fully saturated rings. The zero-order valence-electron chi connectivity index (χ0n) is 13.3. The Bertz CT molecular complexity index is 216. The second-order valence-corrected chi connectivity index (χ2v) is 7.08. The third-order valence-corrected chi connectivity index (χ3v) is 4.20. The number of hydrogen-bond acceptors (Lipinski definition) is 2. The molecule has 1 rings (SSSR count). The summed E-state index contributed by atoms with van der Waals surface area (Å²) in [6.45, 7) is 16.6. The van der Waals surface area contributed by atoms with E-state index in [9.17, 15) is 0 Å². The lowest BCUT2D eigenvalue weighted by Crippen LogP contribution is -2.45. The van der Waals surface area contributed by atoms with Crippen molar-refractivity contribution in [2.24, 2.45) is 11.8 Å². The highest BCUT2D eigenvalue weighted by atomic mass is 15.1. The van der Waals surface area contributed by atoms with E-state index in [1.165, 1.54) is 51.9 Å². The molecule has 2 heteroatoms. The number of likely N-dealkylation sites (tertiary alicyclic amines) is 1. The zero-order chi connectivity index (χ0) is 13.6. The highest BCUT2D eigenvalue weighted by molar-refractivity contribution is 4.79. The molecule has 1 heterocycles. The summed E-state index contributed by atoms with van der Waals surface area (Å²) < 4.78 is 0. The summed E-state index contributed by atoms with van der Waals surface area (Å²) in [5, 5.41) is 3.67. The van der Waals surface area contributed by atoms with Crippen LogP contribution >= 0.6 is 0 Å². The average molecular weight is 254 g/mol. The Kier molecular flexibility index (Phi) is 6.65. The maximum atomic E-state index is 3.67. The van der Waals surface area contributed by atoms with Gasteiger partial charge < -0.3 is 10.2 Å². The Hall–Kier alpha value is -0.0800. The molecule has 0 spiro atoms. The summed E-state index contributed by atoms with van der Waals surface area (Å²) in [7, 11) is 0. The Morgan fingerprint density at radius 2 is 1.89 bits per heavy atom. The van der Waals surface area contributed by atoms with Gasteiger partial charge >= 0.3 is 0 Å². The molecular formula is C16H34N2. The molecule has 0 aliphatic carbocycles. The molecule has 0 aromatic carbocycles. The van der Waals surface area contributed by atoms with Gasteiger partial charge in [0.1, 0.15) is 0 Å². The highest BCUT2D eigenvalue weighted by Gasteiger charge is 2.22. The van der Waals surface area contributed by atoms with Crippen molar-refractivity contribution in [2.75, 3.05) is 26.2 Å². The topological polar surface area (TPSA) is 15.3 Å². The van der Waals surface area contributed by atoms with Gasteiger partial charge in [0.25, 0.3) is 0 Å². The maximum Gasteiger partial charge on any atom is 0.00966 e. The van der Waals surface area contributed by atoms with Crippen LogP contribution in [0.1, 0.15) is 60.3 Å². The molecule has 18 heavy (non-hydrogen) atoms. The van der Waals surface area contributed by atoms with Gasteiger partial charge in [0.05, 0.1) is 0 Å². The first-order valence-corrected chi connectivity index (χ1v) is 7.92. The molecule has 1 N–H and O–H groups in total. The van der Waals surface area contributed by atoms with Crippen LogP contribution < -0.4 is 5.32 Å². The van der Waals surface area contributed by atoms with Gasteiger partial charge in [0, 0.05) is 18.6 Å². The van der Waals surface area contributed by atoms with Gasteiger partial charge in [-0.05, 0) is 58.5 Å². The van der Waals surface area contributed by atoms with Gasteiger partial charge in [-0.1, -0.05) is 26.7 Å². The first kappa shape index (κ1) is 16.0. The van der Waals surface area contributed by atoms with Crippen molar-refractivity contribution in [3.8, 4) is 0 Å². The number of nitrogens with zero attached hydrogens (tertiary/aromatic N) is 1.